The van der Waals surface area contributed by atoms with Crippen LogP contribution in [0.2, 0.25) is 0 Å². The topological polar surface area (TPSA) is 62.1 Å². The highest BCUT2D eigenvalue weighted by Gasteiger charge is 2.51. The van der Waals surface area contributed by atoms with Crippen LogP contribution in [0.1, 0.15) is 37.0 Å². The number of aryl methyl sites for hydroxylation is 1. The molecule has 3 aromatic carbocycles. The van der Waals surface area contributed by atoms with Crippen molar-refractivity contribution in [3.8, 4) is 16.9 Å². The van der Waals surface area contributed by atoms with Crippen LogP contribution in [0.15, 0.2) is 65.8 Å². The van der Waals surface area contributed by atoms with Gasteiger partial charge in [-0.25, -0.2) is 4.39 Å². The van der Waals surface area contributed by atoms with E-state index in [4.69, 9.17) is 4.74 Å². The summed E-state index contributed by atoms with van der Waals surface area (Å²) in [5, 5.41) is 14.5. The van der Waals surface area contributed by atoms with Gasteiger partial charge < -0.3 is 9.84 Å². The Bertz CT molecular complexity index is 1380. The first kappa shape index (κ1) is 28.1. The normalized spacial score (nSPS) is 17.5. The first-order chi connectivity index (χ1) is 18.4. The number of alkyl halides is 3. The van der Waals surface area contributed by atoms with Gasteiger partial charge in [0.2, 0.25) is 0 Å². The standard InChI is InChI=1S/C30H30F4N2O3/c1-17(2)28-26(16-27(37)38)36(35-29(28)30(32,33)34)22-9-5-19(6-10-22)14-20-7-8-21(13-18(20)3)24-15-23(39-4)11-12-25(24)31/h5-13,15,17,26,28H,14,16H2,1-4H3,(H,37,38). The van der Waals surface area contributed by atoms with Crippen LogP contribution in [-0.2, 0) is 11.2 Å². The predicted octanol–water partition coefficient (Wildman–Crippen LogP) is 7.25. The van der Waals surface area contributed by atoms with Crippen molar-refractivity contribution in [1.82, 2.24) is 0 Å². The van der Waals surface area contributed by atoms with Crippen LogP contribution < -0.4 is 9.75 Å². The number of benzene rings is 3. The zero-order valence-corrected chi connectivity index (χ0v) is 22.1. The lowest BCUT2D eigenvalue weighted by molar-refractivity contribution is -0.137. The largest absolute Gasteiger partial charge is 0.497 e. The molecule has 9 heteroatoms. The molecule has 0 saturated heterocycles. The Labute approximate surface area is 224 Å². The Morgan fingerprint density at radius 2 is 1.77 bits per heavy atom. The molecule has 0 aliphatic carbocycles. The van der Waals surface area contributed by atoms with Gasteiger partial charge in [-0.1, -0.05) is 44.2 Å². The molecule has 3 aromatic rings. The average Bonchev–Trinajstić information content (AvgIpc) is 3.25. The van der Waals surface area contributed by atoms with E-state index in [2.05, 4.69) is 5.10 Å². The number of hydrogen-bond donors (Lipinski definition) is 1. The van der Waals surface area contributed by atoms with Crippen LogP contribution >= 0.6 is 0 Å². The molecule has 0 fully saturated rings. The number of nitrogens with zero attached hydrogens (tertiary/aromatic N) is 2. The maximum absolute atomic E-state index is 14.4. The van der Waals surface area contributed by atoms with Gasteiger partial charge in [0, 0.05) is 11.5 Å². The number of aliphatic carboxylic acids is 1. The van der Waals surface area contributed by atoms with Crippen molar-refractivity contribution in [2.24, 2.45) is 16.9 Å². The van der Waals surface area contributed by atoms with E-state index >= 15 is 0 Å². The number of rotatable bonds is 8. The van der Waals surface area contributed by atoms with Gasteiger partial charge in [-0.2, -0.15) is 18.3 Å². The number of hydrazone groups is 1. The molecule has 0 radical (unpaired) electrons. The molecule has 39 heavy (non-hydrogen) atoms. The van der Waals surface area contributed by atoms with Gasteiger partial charge in [0.25, 0.3) is 0 Å². The zero-order chi connectivity index (χ0) is 28.5. The highest BCUT2D eigenvalue weighted by Crippen LogP contribution is 2.40. The fourth-order valence-corrected chi connectivity index (χ4v) is 5.14. The molecular weight excluding hydrogens is 512 g/mol. The van der Waals surface area contributed by atoms with Crippen LogP contribution in [-0.4, -0.2) is 36.1 Å². The molecule has 0 saturated carbocycles. The monoisotopic (exact) mass is 542 g/mol. The molecule has 1 aliphatic rings. The first-order valence-electron chi connectivity index (χ1n) is 12.6. The van der Waals surface area contributed by atoms with E-state index in [1.165, 1.54) is 18.2 Å². The van der Waals surface area contributed by atoms with Gasteiger partial charge in [-0.15, -0.1) is 0 Å². The van der Waals surface area contributed by atoms with Crippen molar-refractivity contribution in [1.29, 1.82) is 0 Å². The summed E-state index contributed by atoms with van der Waals surface area (Å²) in [6.45, 7) is 5.22. The van der Waals surface area contributed by atoms with Crippen LogP contribution in [0.4, 0.5) is 23.2 Å². The molecule has 2 unspecified atom stereocenters. The summed E-state index contributed by atoms with van der Waals surface area (Å²) < 4.78 is 61.0. The second kappa shape index (κ2) is 11.1. The minimum Gasteiger partial charge on any atom is -0.497 e. The minimum absolute atomic E-state index is 0.349. The number of anilines is 1. The van der Waals surface area contributed by atoms with Crippen molar-refractivity contribution >= 4 is 17.4 Å². The van der Waals surface area contributed by atoms with E-state index in [1.807, 2.05) is 25.1 Å². The maximum Gasteiger partial charge on any atom is 0.431 e. The lowest BCUT2D eigenvalue weighted by Crippen LogP contribution is -2.41. The van der Waals surface area contributed by atoms with E-state index in [9.17, 15) is 27.5 Å². The molecule has 1 heterocycles. The van der Waals surface area contributed by atoms with E-state index in [0.717, 1.165) is 22.3 Å². The molecule has 0 bridgehead atoms. The molecule has 0 amide bonds. The lowest BCUT2D eigenvalue weighted by Gasteiger charge is -2.29. The van der Waals surface area contributed by atoms with Crippen molar-refractivity contribution in [3.05, 3.63) is 83.2 Å². The quantitative estimate of drug-likeness (QED) is 0.305. The van der Waals surface area contributed by atoms with Crippen LogP contribution in [0, 0.1) is 24.6 Å². The van der Waals surface area contributed by atoms with Gasteiger partial charge in [0.05, 0.1) is 25.3 Å². The fourth-order valence-electron chi connectivity index (χ4n) is 5.14. The Kier molecular flexibility index (Phi) is 7.99. The van der Waals surface area contributed by atoms with Crippen molar-refractivity contribution in [2.45, 2.75) is 45.8 Å². The summed E-state index contributed by atoms with van der Waals surface area (Å²) in [7, 11) is 1.52. The number of carboxylic acid groups (broad SMARTS) is 1. The van der Waals surface area contributed by atoms with E-state index in [1.54, 1.807) is 50.2 Å². The van der Waals surface area contributed by atoms with Crippen LogP contribution in [0.3, 0.4) is 0 Å². The van der Waals surface area contributed by atoms with Crippen molar-refractivity contribution in [2.75, 3.05) is 12.1 Å². The Hall–Kier alpha value is -3.88. The number of methoxy groups -OCH3 is 1. The molecule has 1 aliphatic heterocycles. The Balaban J connectivity index is 1.58. The highest BCUT2D eigenvalue weighted by atomic mass is 19.4. The molecule has 1 N–H and O–H groups in total. The predicted molar refractivity (Wildman–Crippen MR) is 143 cm³/mol. The third-order valence-electron chi connectivity index (χ3n) is 7.07. The van der Waals surface area contributed by atoms with Gasteiger partial charge >= 0.3 is 12.1 Å². The van der Waals surface area contributed by atoms with Gasteiger partial charge in [0.1, 0.15) is 17.3 Å². The minimum atomic E-state index is -4.65. The third kappa shape index (κ3) is 6.08. The number of carboxylic acids is 1. The summed E-state index contributed by atoms with van der Waals surface area (Å²) in [6, 6.07) is 16.2. The number of ether oxygens (including phenoxy) is 1. The van der Waals surface area contributed by atoms with Gasteiger partial charge in [0.15, 0.2) is 0 Å². The third-order valence-corrected chi connectivity index (χ3v) is 7.07. The second-order valence-electron chi connectivity index (χ2n) is 10.1. The number of hydrogen-bond acceptors (Lipinski definition) is 4. The van der Waals surface area contributed by atoms with Crippen LogP contribution in [0.5, 0.6) is 5.75 Å². The molecular formula is C30H30F4N2O3. The molecule has 4 rings (SSSR count). The van der Waals surface area contributed by atoms with E-state index in [-0.39, 0.29) is 5.82 Å². The molecule has 2 atom stereocenters. The summed E-state index contributed by atoms with van der Waals surface area (Å²) in [5.41, 5.74) is 3.49. The number of halogens is 4. The lowest BCUT2D eigenvalue weighted by atomic mass is 9.83. The summed E-state index contributed by atoms with van der Waals surface area (Å²) in [5.74, 6) is -2.48. The van der Waals surface area contributed by atoms with Gasteiger partial charge in [-0.3, -0.25) is 9.80 Å². The summed E-state index contributed by atoms with van der Waals surface area (Å²) in [4.78, 5) is 11.5. The van der Waals surface area contributed by atoms with Crippen molar-refractivity contribution < 1.29 is 32.2 Å². The Morgan fingerprint density at radius 3 is 2.33 bits per heavy atom. The van der Waals surface area contributed by atoms with Crippen molar-refractivity contribution in [3.63, 3.8) is 0 Å². The van der Waals surface area contributed by atoms with Gasteiger partial charge in [-0.05, 0) is 71.8 Å². The second-order valence-corrected chi connectivity index (χ2v) is 10.1. The summed E-state index contributed by atoms with van der Waals surface area (Å²) in [6.07, 6.45) is -4.57. The average molecular weight is 543 g/mol. The molecule has 0 spiro atoms. The zero-order valence-electron chi connectivity index (χ0n) is 22.1. The van der Waals surface area contributed by atoms with E-state index in [0.29, 0.717) is 23.4 Å². The summed E-state index contributed by atoms with van der Waals surface area (Å²) >= 11 is 0. The fraction of sp³-hybridized carbons (Fsp3) is 0.333. The first-order valence-corrected chi connectivity index (χ1v) is 12.6. The van der Waals surface area contributed by atoms with E-state index < -0.39 is 42.2 Å². The molecule has 5 nitrogen and oxygen atoms in total. The number of carbonyl (C=O) groups is 1. The highest BCUT2D eigenvalue weighted by molar-refractivity contribution is 5.96. The SMILES string of the molecule is COc1ccc(F)c(-c2ccc(Cc3ccc(N4N=C(C(F)(F)F)C(C(C)C)C4CC(=O)O)cc3)c(C)c2)c1. The Morgan fingerprint density at radius 1 is 1.08 bits per heavy atom. The van der Waals surface area contributed by atoms with Crippen LogP contribution in [0.25, 0.3) is 11.1 Å². The molecule has 0 aromatic heterocycles. The molecule has 206 valence electrons. The smallest absolute Gasteiger partial charge is 0.431 e. The maximum atomic E-state index is 14.4.